The lowest BCUT2D eigenvalue weighted by atomic mass is 9.70. The summed E-state index contributed by atoms with van der Waals surface area (Å²) in [6.45, 7) is 4.68. The molecule has 1 aliphatic carbocycles. The van der Waals surface area contributed by atoms with Crippen LogP contribution in [0.5, 0.6) is 5.88 Å². The Morgan fingerprint density at radius 3 is 2.75 bits per heavy atom. The Morgan fingerprint density at radius 2 is 2.04 bits per heavy atom. The molecule has 2 aliphatic rings. The lowest BCUT2D eigenvalue weighted by Gasteiger charge is -2.37. The summed E-state index contributed by atoms with van der Waals surface area (Å²) in [7, 11) is 0. The van der Waals surface area contributed by atoms with Crippen molar-refractivity contribution in [2.75, 3.05) is 6.61 Å². The molecule has 146 valence electrons. The maximum atomic E-state index is 13.1. The molecule has 0 amide bonds. The molecule has 2 heterocycles. The number of carbonyl (C=O) groups is 1. The molecule has 0 bridgehead atoms. The largest absolute Gasteiger partial charge is 0.442 e. The summed E-state index contributed by atoms with van der Waals surface area (Å²) < 4.78 is 7.80. The van der Waals surface area contributed by atoms with E-state index >= 15 is 0 Å². The topological polar surface area (TPSA) is 88.2 Å². The van der Waals surface area contributed by atoms with Crippen LogP contribution in [-0.4, -0.2) is 27.0 Å². The summed E-state index contributed by atoms with van der Waals surface area (Å²) in [6, 6.07) is 9.81. The van der Waals surface area contributed by atoms with Gasteiger partial charge in [-0.25, -0.2) is 4.98 Å². The van der Waals surface area contributed by atoms with Gasteiger partial charge in [-0.05, 0) is 17.4 Å². The molecule has 1 aliphatic heterocycles. The van der Waals surface area contributed by atoms with E-state index in [-0.39, 0.29) is 29.2 Å². The highest BCUT2D eigenvalue weighted by Crippen LogP contribution is 2.48. The molecule has 4 rings (SSSR count). The predicted molar refractivity (Wildman–Crippen MR) is 104 cm³/mol. The summed E-state index contributed by atoms with van der Waals surface area (Å²) in [5.41, 5.74) is 2.36. The highest BCUT2D eigenvalue weighted by Gasteiger charge is 2.43. The van der Waals surface area contributed by atoms with Crippen LogP contribution in [0.3, 0.4) is 0 Å². The van der Waals surface area contributed by atoms with Crippen LogP contribution in [0.1, 0.15) is 50.2 Å². The first-order valence-corrected chi connectivity index (χ1v) is 9.65. The maximum absolute atomic E-state index is 13.1. The molecule has 1 aromatic carbocycles. The number of ketones is 1. The average Bonchev–Trinajstić information content (AvgIpc) is 2.66. The normalized spacial score (nSPS) is 20.4. The molecule has 0 fully saturated rings. The first-order chi connectivity index (χ1) is 13.4. The maximum Gasteiger partial charge on any atom is 0.228 e. The lowest BCUT2D eigenvalue weighted by Crippen LogP contribution is -2.37. The predicted octanol–water partition coefficient (Wildman–Crippen LogP) is 2.91. The van der Waals surface area contributed by atoms with E-state index in [1.54, 1.807) is 10.9 Å². The molecule has 0 spiro atoms. The number of aliphatic hydroxyl groups is 1. The first-order valence-electron chi connectivity index (χ1n) is 9.65. The highest BCUT2D eigenvalue weighted by atomic mass is 16.5. The van der Waals surface area contributed by atoms with E-state index in [9.17, 15) is 4.79 Å². The van der Waals surface area contributed by atoms with Crippen LogP contribution in [0.15, 0.2) is 48.0 Å². The summed E-state index contributed by atoms with van der Waals surface area (Å²) >= 11 is 0. The van der Waals surface area contributed by atoms with E-state index in [4.69, 9.17) is 15.3 Å². The number of aliphatic hydroxyl groups excluding tert-OH is 1. The zero-order valence-electron chi connectivity index (χ0n) is 16.2. The van der Waals surface area contributed by atoms with Crippen molar-refractivity contribution in [2.45, 2.75) is 45.6 Å². The minimum atomic E-state index is -0.356. The van der Waals surface area contributed by atoms with Crippen LogP contribution < -0.4 is 10.2 Å². The van der Waals surface area contributed by atoms with Crippen LogP contribution in [0.2, 0.25) is 0 Å². The third kappa shape index (κ3) is 3.18. The minimum Gasteiger partial charge on any atom is -0.442 e. The Bertz CT molecular complexity index is 1010. The number of benzene rings is 1. The smallest absolute Gasteiger partial charge is 0.228 e. The summed E-state index contributed by atoms with van der Waals surface area (Å²) in [4.78, 5) is 17.6. The van der Waals surface area contributed by atoms with Gasteiger partial charge in [-0.1, -0.05) is 44.2 Å². The van der Waals surface area contributed by atoms with E-state index in [2.05, 4.69) is 18.8 Å². The van der Waals surface area contributed by atoms with E-state index in [0.29, 0.717) is 48.6 Å². The molecule has 6 heteroatoms. The molecule has 0 unspecified atom stereocenters. The van der Waals surface area contributed by atoms with Crippen LogP contribution in [0.25, 0.3) is 0 Å². The Labute approximate surface area is 164 Å². The van der Waals surface area contributed by atoms with Crippen molar-refractivity contribution in [3.63, 3.8) is 0 Å². The number of hydrogen-bond donors (Lipinski definition) is 2. The zero-order valence-corrected chi connectivity index (χ0v) is 16.2. The average molecular weight is 379 g/mol. The molecule has 1 atom stereocenters. The third-order valence-corrected chi connectivity index (χ3v) is 5.45. The highest BCUT2D eigenvalue weighted by molar-refractivity contribution is 6.00. The van der Waals surface area contributed by atoms with Crippen LogP contribution in [0.4, 0.5) is 0 Å². The monoisotopic (exact) mass is 379 g/mol. The van der Waals surface area contributed by atoms with Gasteiger partial charge < -0.3 is 14.4 Å². The summed E-state index contributed by atoms with van der Waals surface area (Å²) in [6.07, 6.45) is 3.26. The van der Waals surface area contributed by atoms with Crippen molar-refractivity contribution in [1.82, 2.24) is 9.55 Å². The van der Waals surface area contributed by atoms with E-state index in [1.165, 1.54) is 0 Å². The van der Waals surface area contributed by atoms with Gasteiger partial charge >= 0.3 is 0 Å². The molecule has 0 radical (unpaired) electrons. The Balaban J connectivity index is 1.92. The molecular weight excluding hydrogens is 354 g/mol. The van der Waals surface area contributed by atoms with Crippen molar-refractivity contribution in [3.05, 3.63) is 64.6 Å². The summed E-state index contributed by atoms with van der Waals surface area (Å²) in [5.74, 6) is 0.812. The van der Waals surface area contributed by atoms with Gasteiger partial charge in [0.25, 0.3) is 0 Å². The molecule has 0 saturated carbocycles. The Hall–Kier alpha value is -2.73. The summed E-state index contributed by atoms with van der Waals surface area (Å²) in [5, 5.41) is 17.9. The second-order valence-electron chi connectivity index (χ2n) is 8.31. The molecule has 2 aromatic rings. The fourth-order valence-corrected chi connectivity index (χ4v) is 4.19. The molecule has 0 saturated heterocycles. The molecular formula is C22H25N3O3. The van der Waals surface area contributed by atoms with Gasteiger partial charge in [-0.3, -0.25) is 10.2 Å². The van der Waals surface area contributed by atoms with E-state index in [1.807, 2.05) is 30.3 Å². The van der Waals surface area contributed by atoms with Gasteiger partial charge in [0.2, 0.25) is 5.88 Å². The van der Waals surface area contributed by atoms with Crippen LogP contribution in [0, 0.1) is 10.8 Å². The second-order valence-corrected chi connectivity index (χ2v) is 8.31. The third-order valence-electron chi connectivity index (χ3n) is 5.45. The SMILES string of the molecule is CC1(C)CC(=O)C2=C(C1)Oc1ncn(CCCO)c(=N)c1[C@H]2c1ccccc1. The molecule has 2 N–H and O–H groups in total. The van der Waals surface area contributed by atoms with E-state index in [0.717, 1.165) is 5.56 Å². The van der Waals surface area contributed by atoms with E-state index < -0.39 is 0 Å². The van der Waals surface area contributed by atoms with Crippen molar-refractivity contribution >= 4 is 5.78 Å². The van der Waals surface area contributed by atoms with Crippen molar-refractivity contribution in [3.8, 4) is 5.88 Å². The van der Waals surface area contributed by atoms with Crippen LogP contribution >= 0.6 is 0 Å². The van der Waals surface area contributed by atoms with Gasteiger partial charge in [0.1, 0.15) is 17.6 Å². The van der Waals surface area contributed by atoms with Gasteiger partial charge in [-0.15, -0.1) is 0 Å². The lowest BCUT2D eigenvalue weighted by molar-refractivity contribution is -0.118. The number of rotatable bonds is 4. The second kappa shape index (κ2) is 7.02. The van der Waals surface area contributed by atoms with Crippen molar-refractivity contribution in [1.29, 1.82) is 5.41 Å². The zero-order chi connectivity index (χ0) is 19.9. The van der Waals surface area contributed by atoms with Crippen LogP contribution in [-0.2, 0) is 11.3 Å². The number of allylic oxidation sites excluding steroid dienone is 2. The standard InChI is InChI=1S/C22H25N3O3/c1-22(2)11-15(27)18-16(12-22)28-21-19(17(18)14-7-4-3-5-8-14)20(23)25(13-24-21)9-6-10-26/h3-5,7-8,13,17,23,26H,6,9-12H2,1-2H3/t17-/m0/s1. The van der Waals surface area contributed by atoms with Crippen molar-refractivity contribution < 1.29 is 14.6 Å². The van der Waals surface area contributed by atoms with Gasteiger partial charge in [0.05, 0.1) is 5.56 Å². The van der Waals surface area contributed by atoms with Gasteiger partial charge in [-0.2, -0.15) is 0 Å². The fraction of sp³-hybridized carbons (Fsp3) is 0.409. The number of Topliss-reactive ketones (excluding diaryl/α,β-unsaturated/α-hetero) is 1. The molecule has 28 heavy (non-hydrogen) atoms. The van der Waals surface area contributed by atoms with Crippen molar-refractivity contribution in [2.24, 2.45) is 5.41 Å². The number of hydrogen-bond acceptors (Lipinski definition) is 5. The number of aryl methyl sites for hydroxylation is 1. The van der Waals surface area contributed by atoms with Gasteiger partial charge in [0.15, 0.2) is 5.78 Å². The first kappa shape index (κ1) is 18.6. The Kier molecular flexibility index (Phi) is 4.67. The number of carbonyl (C=O) groups excluding carboxylic acids is 1. The molecule has 6 nitrogen and oxygen atoms in total. The quantitative estimate of drug-likeness (QED) is 0.855. The minimum absolute atomic E-state index is 0.0466. The number of fused-ring (bicyclic) bond motifs is 1. The number of nitrogens with one attached hydrogen (secondary N) is 1. The fourth-order valence-electron chi connectivity index (χ4n) is 4.19. The Morgan fingerprint density at radius 1 is 1.29 bits per heavy atom. The molecule has 1 aromatic heterocycles. The number of nitrogens with zero attached hydrogens (tertiary/aromatic N) is 2. The van der Waals surface area contributed by atoms with Gasteiger partial charge in [0, 0.05) is 37.5 Å². The number of aromatic nitrogens is 2. The number of ether oxygens (including phenoxy) is 1.